The van der Waals surface area contributed by atoms with Crippen LogP contribution < -0.4 is 4.72 Å². The van der Waals surface area contributed by atoms with Crippen molar-refractivity contribution in [2.75, 3.05) is 4.72 Å². The van der Waals surface area contributed by atoms with Crippen molar-refractivity contribution in [3.8, 4) is 0 Å². The Labute approximate surface area is 132 Å². The second-order valence-electron chi connectivity index (χ2n) is 4.58. The molecular weight excluding hydrogens is 382 g/mol. The van der Waals surface area contributed by atoms with E-state index in [1.165, 1.54) is 23.0 Å². The van der Waals surface area contributed by atoms with E-state index >= 15 is 0 Å². The predicted octanol–water partition coefficient (Wildman–Crippen LogP) is 2.54. The van der Waals surface area contributed by atoms with Gasteiger partial charge in [-0.05, 0) is 34.8 Å². The van der Waals surface area contributed by atoms with Gasteiger partial charge in [-0.25, -0.2) is 18.2 Å². The van der Waals surface area contributed by atoms with Gasteiger partial charge in [0.15, 0.2) is 5.13 Å². The number of nitrogens with one attached hydrogen (secondary N) is 1. The van der Waals surface area contributed by atoms with Crippen LogP contribution in [-0.4, -0.2) is 29.0 Å². The number of aromatic carboxylic acids is 1. The maximum absolute atomic E-state index is 12.3. The number of carboxylic acid groups (broad SMARTS) is 1. The van der Waals surface area contributed by atoms with Crippen LogP contribution >= 0.6 is 27.3 Å². The molecular formula is C11H10BrN3O4S2. The van der Waals surface area contributed by atoms with Crippen LogP contribution in [0.5, 0.6) is 0 Å². The molecule has 21 heavy (non-hydrogen) atoms. The first-order valence-electron chi connectivity index (χ1n) is 5.96. The monoisotopic (exact) mass is 391 g/mol. The molecule has 0 radical (unpaired) electrons. The quantitative estimate of drug-likeness (QED) is 0.815. The van der Waals surface area contributed by atoms with E-state index in [0.29, 0.717) is 3.79 Å². The zero-order valence-corrected chi connectivity index (χ0v) is 13.7. The topological polar surface area (TPSA) is 101 Å². The summed E-state index contributed by atoms with van der Waals surface area (Å²) in [5, 5.41) is 9.38. The van der Waals surface area contributed by atoms with Crippen molar-refractivity contribution in [3.05, 3.63) is 27.9 Å². The molecule has 112 valence electrons. The van der Waals surface area contributed by atoms with Crippen LogP contribution in [0.4, 0.5) is 5.13 Å². The Morgan fingerprint density at radius 2 is 2.24 bits per heavy atom. The SMILES string of the molecule is O=C(O)c1cc(S(=O)(=O)Nc2ncc(Br)s2)cn1C1CC1. The number of carbonyl (C=O) groups is 1. The summed E-state index contributed by atoms with van der Waals surface area (Å²) in [6, 6.07) is 1.25. The Kier molecular flexibility index (Phi) is 3.54. The molecule has 0 amide bonds. The van der Waals surface area contributed by atoms with E-state index < -0.39 is 16.0 Å². The Balaban J connectivity index is 1.95. The summed E-state index contributed by atoms with van der Waals surface area (Å²) in [5.41, 5.74) is -0.0156. The van der Waals surface area contributed by atoms with Crippen molar-refractivity contribution in [3.63, 3.8) is 0 Å². The van der Waals surface area contributed by atoms with Gasteiger partial charge >= 0.3 is 5.97 Å². The maximum atomic E-state index is 12.3. The number of carboxylic acids is 1. The second kappa shape index (κ2) is 5.11. The van der Waals surface area contributed by atoms with Crippen LogP contribution in [0.1, 0.15) is 29.4 Å². The zero-order chi connectivity index (χ0) is 15.2. The molecule has 2 N–H and O–H groups in total. The molecule has 2 aromatic rings. The van der Waals surface area contributed by atoms with Crippen molar-refractivity contribution in [2.24, 2.45) is 0 Å². The first kappa shape index (κ1) is 14.5. The summed E-state index contributed by atoms with van der Waals surface area (Å²) in [5.74, 6) is -1.14. The summed E-state index contributed by atoms with van der Waals surface area (Å²) >= 11 is 4.33. The lowest BCUT2D eigenvalue weighted by Gasteiger charge is -2.03. The Bertz CT molecular complexity index is 807. The molecule has 2 heterocycles. The van der Waals surface area contributed by atoms with Gasteiger partial charge in [0, 0.05) is 12.2 Å². The van der Waals surface area contributed by atoms with Crippen LogP contribution in [0.2, 0.25) is 0 Å². The summed E-state index contributed by atoms with van der Waals surface area (Å²) in [6.07, 6.45) is 4.58. The lowest BCUT2D eigenvalue weighted by atomic mass is 10.4. The number of rotatable bonds is 5. The van der Waals surface area contributed by atoms with Gasteiger partial charge in [0.05, 0.1) is 9.98 Å². The minimum absolute atomic E-state index is 0.0156. The van der Waals surface area contributed by atoms with Crippen molar-refractivity contribution < 1.29 is 18.3 Å². The molecule has 1 fully saturated rings. The molecule has 0 aliphatic heterocycles. The first-order chi connectivity index (χ1) is 9.87. The van der Waals surface area contributed by atoms with Crippen molar-refractivity contribution in [2.45, 2.75) is 23.8 Å². The highest BCUT2D eigenvalue weighted by Crippen LogP contribution is 2.37. The van der Waals surface area contributed by atoms with Gasteiger partial charge < -0.3 is 9.67 Å². The summed E-state index contributed by atoms with van der Waals surface area (Å²) in [4.78, 5) is 15.0. The van der Waals surface area contributed by atoms with E-state index in [9.17, 15) is 13.2 Å². The van der Waals surface area contributed by atoms with Gasteiger partial charge in [-0.2, -0.15) is 0 Å². The zero-order valence-electron chi connectivity index (χ0n) is 10.5. The number of hydrogen-bond acceptors (Lipinski definition) is 5. The number of aromatic nitrogens is 2. The Morgan fingerprint density at radius 3 is 2.76 bits per heavy atom. The fourth-order valence-electron chi connectivity index (χ4n) is 1.90. The molecule has 1 aliphatic carbocycles. The van der Waals surface area contributed by atoms with Crippen molar-refractivity contribution in [1.29, 1.82) is 0 Å². The average Bonchev–Trinajstić information content (AvgIpc) is 2.99. The molecule has 1 saturated carbocycles. The van der Waals surface area contributed by atoms with Crippen LogP contribution in [0.15, 0.2) is 27.1 Å². The van der Waals surface area contributed by atoms with Crippen LogP contribution in [-0.2, 0) is 10.0 Å². The summed E-state index contributed by atoms with van der Waals surface area (Å²) < 4.78 is 29.1. The molecule has 0 saturated heterocycles. The Morgan fingerprint density at radius 1 is 1.52 bits per heavy atom. The lowest BCUT2D eigenvalue weighted by Crippen LogP contribution is -2.12. The minimum Gasteiger partial charge on any atom is -0.477 e. The number of thiazole rings is 1. The van der Waals surface area contributed by atoms with Crippen LogP contribution in [0.25, 0.3) is 0 Å². The van der Waals surface area contributed by atoms with Gasteiger partial charge in [0.2, 0.25) is 0 Å². The average molecular weight is 392 g/mol. The lowest BCUT2D eigenvalue weighted by molar-refractivity contribution is 0.0685. The van der Waals surface area contributed by atoms with Gasteiger partial charge in [0.25, 0.3) is 10.0 Å². The largest absolute Gasteiger partial charge is 0.477 e. The smallest absolute Gasteiger partial charge is 0.352 e. The van der Waals surface area contributed by atoms with Crippen LogP contribution in [0, 0.1) is 0 Å². The van der Waals surface area contributed by atoms with Gasteiger partial charge in [-0.3, -0.25) is 4.72 Å². The van der Waals surface area contributed by atoms with E-state index in [-0.39, 0.29) is 21.8 Å². The molecule has 7 nitrogen and oxygen atoms in total. The summed E-state index contributed by atoms with van der Waals surface area (Å²) in [6.45, 7) is 0. The summed E-state index contributed by atoms with van der Waals surface area (Å²) in [7, 11) is -3.85. The standard InChI is InChI=1S/C11H10BrN3O4S2/c12-9-4-13-11(20-9)14-21(18,19)7-3-8(10(16)17)15(5-7)6-1-2-6/h3-6H,1-2H2,(H,13,14)(H,16,17). The maximum Gasteiger partial charge on any atom is 0.352 e. The van der Waals surface area contributed by atoms with E-state index in [1.54, 1.807) is 0 Å². The normalized spacial score (nSPS) is 15.1. The van der Waals surface area contributed by atoms with Gasteiger partial charge in [-0.15, -0.1) is 0 Å². The molecule has 0 spiro atoms. The predicted molar refractivity (Wildman–Crippen MR) is 80.3 cm³/mol. The molecule has 0 atom stereocenters. The van der Waals surface area contributed by atoms with E-state index in [1.807, 2.05) is 0 Å². The van der Waals surface area contributed by atoms with Crippen molar-refractivity contribution in [1.82, 2.24) is 9.55 Å². The molecule has 2 aromatic heterocycles. The highest BCUT2D eigenvalue weighted by molar-refractivity contribution is 9.11. The third kappa shape index (κ3) is 2.97. The molecule has 0 unspecified atom stereocenters. The fraction of sp³-hybridized carbons (Fsp3) is 0.273. The third-order valence-electron chi connectivity index (χ3n) is 2.99. The van der Waals surface area contributed by atoms with Crippen LogP contribution in [0.3, 0.4) is 0 Å². The number of halogens is 1. The molecule has 10 heteroatoms. The fourth-order valence-corrected chi connectivity index (χ4v) is 4.28. The Hall–Kier alpha value is -1.39. The van der Waals surface area contributed by atoms with E-state index in [4.69, 9.17) is 5.11 Å². The highest BCUT2D eigenvalue weighted by Gasteiger charge is 2.30. The second-order valence-corrected chi connectivity index (χ2v) is 8.67. The number of anilines is 1. The molecule has 0 bridgehead atoms. The number of nitrogens with zero attached hydrogens (tertiary/aromatic N) is 2. The van der Waals surface area contributed by atoms with Gasteiger partial charge in [-0.1, -0.05) is 11.3 Å². The van der Waals surface area contributed by atoms with Crippen molar-refractivity contribution >= 4 is 48.4 Å². The minimum atomic E-state index is -3.85. The number of sulfonamides is 1. The first-order valence-corrected chi connectivity index (χ1v) is 9.05. The molecule has 0 aromatic carbocycles. The van der Waals surface area contributed by atoms with E-state index in [0.717, 1.165) is 24.2 Å². The van der Waals surface area contributed by atoms with Gasteiger partial charge in [0.1, 0.15) is 10.6 Å². The van der Waals surface area contributed by atoms with E-state index in [2.05, 4.69) is 25.6 Å². The highest BCUT2D eigenvalue weighted by atomic mass is 79.9. The number of hydrogen-bond donors (Lipinski definition) is 2. The molecule has 3 rings (SSSR count). The third-order valence-corrected chi connectivity index (χ3v) is 5.82. The molecule has 1 aliphatic rings.